The van der Waals surface area contributed by atoms with Crippen LogP contribution in [0.1, 0.15) is 50.2 Å². The van der Waals surface area contributed by atoms with Crippen molar-refractivity contribution in [3.05, 3.63) is 29.3 Å². The lowest BCUT2D eigenvalue weighted by molar-refractivity contribution is 0.411. The van der Waals surface area contributed by atoms with Gasteiger partial charge >= 0.3 is 0 Å². The van der Waals surface area contributed by atoms with Crippen molar-refractivity contribution < 1.29 is 4.74 Å². The first kappa shape index (κ1) is 13.1. The molecule has 0 aliphatic carbocycles. The molecule has 0 fully saturated rings. The largest absolute Gasteiger partial charge is 0.496 e. The Morgan fingerprint density at radius 2 is 1.81 bits per heavy atom. The van der Waals surface area contributed by atoms with Crippen LogP contribution < -0.4 is 4.74 Å². The van der Waals surface area contributed by atoms with Crippen LogP contribution in [0.2, 0.25) is 0 Å². The molecule has 0 unspecified atom stereocenters. The van der Waals surface area contributed by atoms with Gasteiger partial charge in [-0.2, -0.15) is 0 Å². The van der Waals surface area contributed by atoms with Gasteiger partial charge in [-0.05, 0) is 37.0 Å². The van der Waals surface area contributed by atoms with E-state index in [1.807, 2.05) is 6.07 Å². The van der Waals surface area contributed by atoms with Gasteiger partial charge in [0.1, 0.15) is 5.75 Å². The molecule has 0 radical (unpaired) electrons. The average molecular weight is 220 g/mol. The number of rotatable bonds is 7. The number of unbranched alkanes of at least 4 members (excludes halogenated alkanes) is 4. The third kappa shape index (κ3) is 3.88. The standard InChI is InChI=1S/C15H24O/c1-4-5-6-7-8-10-14-11-9-12-15(16-3)13(14)2/h9,11-12H,4-8,10H2,1-3H3. The number of hydrogen-bond acceptors (Lipinski definition) is 1. The number of methoxy groups -OCH3 is 1. The first-order chi connectivity index (χ1) is 7.79. The zero-order valence-electron chi connectivity index (χ0n) is 10.9. The van der Waals surface area contributed by atoms with Crippen molar-refractivity contribution in [1.29, 1.82) is 0 Å². The van der Waals surface area contributed by atoms with Gasteiger partial charge in [-0.15, -0.1) is 0 Å². The molecule has 1 rings (SSSR count). The van der Waals surface area contributed by atoms with Crippen molar-refractivity contribution in [2.75, 3.05) is 7.11 Å². The molecule has 0 aromatic heterocycles. The van der Waals surface area contributed by atoms with Gasteiger partial charge in [0.15, 0.2) is 0 Å². The summed E-state index contributed by atoms with van der Waals surface area (Å²) in [6.07, 6.45) is 7.90. The highest BCUT2D eigenvalue weighted by Crippen LogP contribution is 2.22. The second-order valence-electron chi connectivity index (χ2n) is 4.41. The summed E-state index contributed by atoms with van der Waals surface area (Å²) >= 11 is 0. The van der Waals surface area contributed by atoms with Gasteiger partial charge in [0, 0.05) is 0 Å². The van der Waals surface area contributed by atoms with Gasteiger partial charge in [-0.1, -0.05) is 44.7 Å². The summed E-state index contributed by atoms with van der Waals surface area (Å²) in [5, 5.41) is 0. The second-order valence-corrected chi connectivity index (χ2v) is 4.41. The zero-order valence-corrected chi connectivity index (χ0v) is 10.9. The molecule has 0 saturated heterocycles. The van der Waals surface area contributed by atoms with Crippen molar-refractivity contribution in [2.45, 2.75) is 52.4 Å². The Bertz CT molecular complexity index is 304. The SMILES string of the molecule is CCCCCCCc1cccc(OC)c1C. The first-order valence-electron chi connectivity index (χ1n) is 6.42. The van der Waals surface area contributed by atoms with Crippen LogP contribution in [-0.2, 0) is 6.42 Å². The number of aryl methyl sites for hydroxylation is 1. The fourth-order valence-corrected chi connectivity index (χ4v) is 2.07. The van der Waals surface area contributed by atoms with E-state index in [4.69, 9.17) is 4.74 Å². The minimum absolute atomic E-state index is 1.02. The molecule has 0 aliphatic rings. The van der Waals surface area contributed by atoms with E-state index in [2.05, 4.69) is 26.0 Å². The summed E-state index contributed by atoms with van der Waals surface area (Å²) in [6.45, 7) is 4.41. The number of ether oxygens (including phenoxy) is 1. The Labute approximate surface area is 99.8 Å². The maximum Gasteiger partial charge on any atom is 0.122 e. The summed E-state index contributed by atoms with van der Waals surface area (Å²) in [5.41, 5.74) is 2.75. The zero-order chi connectivity index (χ0) is 11.8. The summed E-state index contributed by atoms with van der Waals surface area (Å²) in [6, 6.07) is 6.35. The molecule has 0 saturated carbocycles. The molecule has 0 atom stereocenters. The van der Waals surface area contributed by atoms with Crippen molar-refractivity contribution >= 4 is 0 Å². The van der Waals surface area contributed by atoms with Crippen LogP contribution in [0.4, 0.5) is 0 Å². The number of hydrogen-bond donors (Lipinski definition) is 0. The monoisotopic (exact) mass is 220 g/mol. The highest BCUT2D eigenvalue weighted by atomic mass is 16.5. The highest BCUT2D eigenvalue weighted by Gasteiger charge is 2.03. The average Bonchev–Trinajstić information content (AvgIpc) is 2.31. The maximum absolute atomic E-state index is 5.33. The first-order valence-corrected chi connectivity index (χ1v) is 6.42. The van der Waals surface area contributed by atoms with Crippen molar-refractivity contribution in [3.63, 3.8) is 0 Å². The van der Waals surface area contributed by atoms with E-state index in [-0.39, 0.29) is 0 Å². The molecule has 16 heavy (non-hydrogen) atoms. The van der Waals surface area contributed by atoms with Gasteiger partial charge in [0.25, 0.3) is 0 Å². The van der Waals surface area contributed by atoms with Crippen LogP contribution in [0.15, 0.2) is 18.2 Å². The predicted molar refractivity (Wildman–Crippen MR) is 70.2 cm³/mol. The molecular formula is C15H24O. The lowest BCUT2D eigenvalue weighted by Crippen LogP contribution is -1.94. The molecule has 1 aromatic carbocycles. The van der Waals surface area contributed by atoms with Crippen LogP contribution in [-0.4, -0.2) is 7.11 Å². The van der Waals surface area contributed by atoms with Gasteiger partial charge < -0.3 is 4.74 Å². The Morgan fingerprint density at radius 1 is 1.06 bits per heavy atom. The summed E-state index contributed by atoms with van der Waals surface area (Å²) in [7, 11) is 1.74. The summed E-state index contributed by atoms with van der Waals surface area (Å²) < 4.78 is 5.33. The van der Waals surface area contributed by atoms with Crippen LogP contribution in [0.25, 0.3) is 0 Å². The Kier molecular flexibility index (Phi) is 5.99. The fraction of sp³-hybridized carbons (Fsp3) is 0.600. The van der Waals surface area contributed by atoms with Crippen molar-refractivity contribution in [3.8, 4) is 5.75 Å². The Morgan fingerprint density at radius 3 is 2.50 bits per heavy atom. The molecule has 0 spiro atoms. The molecule has 0 N–H and O–H groups in total. The normalized spacial score (nSPS) is 10.4. The predicted octanol–water partition coefficient (Wildman–Crippen LogP) is 4.52. The molecule has 0 aliphatic heterocycles. The smallest absolute Gasteiger partial charge is 0.122 e. The quantitative estimate of drug-likeness (QED) is 0.614. The van der Waals surface area contributed by atoms with E-state index in [0.717, 1.165) is 5.75 Å². The van der Waals surface area contributed by atoms with Crippen LogP contribution in [0, 0.1) is 6.92 Å². The minimum atomic E-state index is 1.02. The second kappa shape index (κ2) is 7.32. The lowest BCUT2D eigenvalue weighted by atomic mass is 10.0. The highest BCUT2D eigenvalue weighted by molar-refractivity contribution is 5.39. The Balaban J connectivity index is 2.41. The molecular weight excluding hydrogens is 196 g/mol. The van der Waals surface area contributed by atoms with Gasteiger partial charge in [-0.3, -0.25) is 0 Å². The van der Waals surface area contributed by atoms with Crippen LogP contribution in [0.3, 0.4) is 0 Å². The van der Waals surface area contributed by atoms with Gasteiger partial charge in [0.2, 0.25) is 0 Å². The van der Waals surface area contributed by atoms with Gasteiger partial charge in [-0.25, -0.2) is 0 Å². The Hall–Kier alpha value is -0.980. The van der Waals surface area contributed by atoms with Crippen LogP contribution in [0.5, 0.6) is 5.75 Å². The maximum atomic E-state index is 5.33. The van der Waals surface area contributed by atoms with E-state index in [1.54, 1.807) is 7.11 Å². The molecule has 0 bridgehead atoms. The van der Waals surface area contributed by atoms with Gasteiger partial charge in [0.05, 0.1) is 7.11 Å². The van der Waals surface area contributed by atoms with Crippen LogP contribution >= 0.6 is 0 Å². The third-order valence-electron chi connectivity index (χ3n) is 3.17. The van der Waals surface area contributed by atoms with E-state index < -0.39 is 0 Å². The van der Waals surface area contributed by atoms with Crippen molar-refractivity contribution in [1.82, 2.24) is 0 Å². The molecule has 0 heterocycles. The molecule has 1 aromatic rings. The molecule has 0 amide bonds. The third-order valence-corrected chi connectivity index (χ3v) is 3.17. The van der Waals surface area contributed by atoms with Crippen molar-refractivity contribution in [2.24, 2.45) is 0 Å². The summed E-state index contributed by atoms with van der Waals surface area (Å²) in [5.74, 6) is 1.02. The topological polar surface area (TPSA) is 9.23 Å². The van der Waals surface area contributed by atoms with E-state index in [1.165, 1.54) is 49.7 Å². The summed E-state index contributed by atoms with van der Waals surface area (Å²) in [4.78, 5) is 0. The molecule has 1 nitrogen and oxygen atoms in total. The lowest BCUT2D eigenvalue weighted by Gasteiger charge is -2.09. The van der Waals surface area contributed by atoms with E-state index >= 15 is 0 Å². The van der Waals surface area contributed by atoms with E-state index in [9.17, 15) is 0 Å². The molecule has 90 valence electrons. The van der Waals surface area contributed by atoms with E-state index in [0.29, 0.717) is 0 Å². The minimum Gasteiger partial charge on any atom is -0.496 e. The fourth-order valence-electron chi connectivity index (χ4n) is 2.07. The number of benzene rings is 1. The molecule has 1 heteroatoms.